The number of hydrogen-bond acceptors (Lipinski definition) is 3. The molecule has 0 amide bonds. The molecule has 0 spiro atoms. The lowest BCUT2D eigenvalue weighted by Crippen LogP contribution is -2.35. The summed E-state index contributed by atoms with van der Waals surface area (Å²) in [5.74, 6) is -0.109. The van der Waals surface area contributed by atoms with Crippen LogP contribution in [0.5, 0.6) is 0 Å². The van der Waals surface area contributed by atoms with Crippen LogP contribution in [0.25, 0.3) is 0 Å². The van der Waals surface area contributed by atoms with E-state index in [-0.39, 0.29) is 68.2 Å². The molecule has 1 fully saturated rings. The lowest BCUT2D eigenvalue weighted by atomic mass is 9.74. The molecule has 3 nitrogen and oxygen atoms in total. The molecular formula is C20H50O3. The summed E-state index contributed by atoms with van der Waals surface area (Å²) in [5.41, 5.74) is -0.259. The number of carbonyl (C=O) groups excluding carboxylic acids is 1. The molecule has 1 rings (SSSR count). The van der Waals surface area contributed by atoms with Crippen molar-refractivity contribution in [1.82, 2.24) is 0 Å². The molecule has 0 aromatic heterocycles. The number of esters is 1. The lowest BCUT2D eigenvalue weighted by Gasteiger charge is -2.33. The van der Waals surface area contributed by atoms with Crippen LogP contribution in [0.2, 0.25) is 0 Å². The number of hydrogen-bond donors (Lipinski definition) is 0. The maximum atomic E-state index is 12.1. The Morgan fingerprint density at radius 1 is 1.09 bits per heavy atom. The van der Waals surface area contributed by atoms with Crippen LogP contribution in [-0.2, 0) is 14.3 Å². The van der Waals surface area contributed by atoms with Gasteiger partial charge in [0.1, 0.15) is 12.2 Å². The van der Waals surface area contributed by atoms with Crippen LogP contribution in [0.1, 0.15) is 98.9 Å². The van der Waals surface area contributed by atoms with E-state index < -0.39 is 5.41 Å². The van der Waals surface area contributed by atoms with Gasteiger partial charge < -0.3 is 9.47 Å². The van der Waals surface area contributed by atoms with Gasteiger partial charge in [-0.2, -0.15) is 0 Å². The molecule has 1 saturated heterocycles. The molecule has 1 heterocycles. The molecule has 23 heavy (non-hydrogen) atoms. The van der Waals surface area contributed by atoms with Gasteiger partial charge in [0.25, 0.3) is 0 Å². The third kappa shape index (κ3) is 12.5. The average Bonchev–Trinajstić information content (AvgIpc) is 2.99. The Balaban J connectivity index is -0.000000120. The standard InChI is InChI=1S/C14H26O3.6CH4/c1-7-13(3,4)9-14(5,6)12(15)17-10(2)11-8-16-11;;;;;;/h10-11H,7-9H2,1-6H3;6*1H4. The normalized spacial score (nSPS) is 16.3. The Morgan fingerprint density at radius 3 is 1.78 bits per heavy atom. The first-order chi connectivity index (χ1) is 7.68. The summed E-state index contributed by atoms with van der Waals surface area (Å²) < 4.78 is 10.6. The molecule has 1 aliphatic heterocycles. The number of carbonyl (C=O) groups is 1. The zero-order valence-electron chi connectivity index (χ0n) is 12.0. The fourth-order valence-electron chi connectivity index (χ4n) is 2.12. The van der Waals surface area contributed by atoms with Crippen molar-refractivity contribution in [2.75, 3.05) is 6.61 Å². The van der Waals surface area contributed by atoms with Crippen molar-refractivity contribution in [3.05, 3.63) is 0 Å². The smallest absolute Gasteiger partial charge is 0.311 e. The molecule has 2 atom stereocenters. The predicted octanol–water partition coefficient (Wildman–Crippen LogP) is 6.99. The minimum atomic E-state index is -0.428. The van der Waals surface area contributed by atoms with Crippen molar-refractivity contribution < 1.29 is 14.3 Å². The van der Waals surface area contributed by atoms with E-state index in [1.807, 2.05) is 20.8 Å². The lowest BCUT2D eigenvalue weighted by molar-refractivity contribution is -0.161. The van der Waals surface area contributed by atoms with Gasteiger partial charge in [-0.15, -0.1) is 0 Å². The first kappa shape index (κ1) is 38.2. The maximum absolute atomic E-state index is 12.1. The van der Waals surface area contributed by atoms with Gasteiger partial charge >= 0.3 is 5.97 Å². The van der Waals surface area contributed by atoms with Crippen molar-refractivity contribution in [3.63, 3.8) is 0 Å². The monoisotopic (exact) mass is 338 g/mol. The molecule has 0 radical (unpaired) electrons. The average molecular weight is 339 g/mol. The van der Waals surface area contributed by atoms with Crippen molar-refractivity contribution in [2.45, 2.75) is 111 Å². The van der Waals surface area contributed by atoms with Crippen molar-refractivity contribution in [2.24, 2.45) is 10.8 Å². The Bertz CT molecular complexity index is 279. The molecule has 0 saturated carbocycles. The summed E-state index contributed by atoms with van der Waals surface area (Å²) in [7, 11) is 0. The molecule has 1 aliphatic rings. The van der Waals surface area contributed by atoms with Gasteiger partial charge in [-0.1, -0.05) is 71.8 Å². The van der Waals surface area contributed by atoms with Crippen LogP contribution >= 0.6 is 0 Å². The van der Waals surface area contributed by atoms with Gasteiger partial charge in [-0.05, 0) is 32.6 Å². The number of ether oxygens (including phenoxy) is 2. The summed E-state index contributed by atoms with van der Waals surface area (Å²) in [4.78, 5) is 12.1. The molecule has 0 N–H and O–H groups in total. The Hall–Kier alpha value is -0.570. The molecule has 3 heteroatoms. The zero-order chi connectivity index (χ0) is 13.3. The molecular weight excluding hydrogens is 288 g/mol. The first-order valence-corrected chi connectivity index (χ1v) is 6.51. The fraction of sp³-hybridized carbons (Fsp3) is 0.950. The van der Waals surface area contributed by atoms with Gasteiger partial charge in [-0.3, -0.25) is 4.79 Å². The minimum Gasteiger partial charge on any atom is -0.459 e. The molecule has 0 aliphatic carbocycles. The van der Waals surface area contributed by atoms with E-state index in [2.05, 4.69) is 20.8 Å². The van der Waals surface area contributed by atoms with E-state index in [9.17, 15) is 4.79 Å². The van der Waals surface area contributed by atoms with Gasteiger partial charge in [0, 0.05) is 0 Å². The van der Waals surface area contributed by atoms with Crippen molar-refractivity contribution in [3.8, 4) is 0 Å². The Labute approximate surface area is 149 Å². The summed E-state index contributed by atoms with van der Waals surface area (Å²) in [6.45, 7) is 13.1. The second kappa shape index (κ2) is 13.8. The number of rotatable bonds is 6. The van der Waals surface area contributed by atoms with Crippen molar-refractivity contribution in [1.29, 1.82) is 0 Å². The minimum absolute atomic E-state index is 0. The third-order valence-corrected chi connectivity index (χ3v) is 3.61. The molecule has 148 valence electrons. The van der Waals surface area contributed by atoms with Crippen LogP contribution in [0.15, 0.2) is 0 Å². The highest BCUT2D eigenvalue weighted by atomic mass is 16.6. The highest BCUT2D eigenvalue weighted by Gasteiger charge is 2.39. The van der Waals surface area contributed by atoms with E-state index in [4.69, 9.17) is 9.47 Å². The first-order valence-electron chi connectivity index (χ1n) is 6.51. The molecule has 0 bridgehead atoms. The van der Waals surface area contributed by atoms with Crippen molar-refractivity contribution >= 4 is 5.97 Å². The molecule has 0 aromatic rings. The SMILES string of the molecule is C.C.C.C.C.C.CCC(C)(C)CC(C)(C)C(=O)OC(C)C1CO1. The second-order valence-electron chi connectivity index (χ2n) is 6.56. The maximum Gasteiger partial charge on any atom is 0.311 e. The fourth-order valence-corrected chi connectivity index (χ4v) is 2.12. The van der Waals surface area contributed by atoms with E-state index >= 15 is 0 Å². The van der Waals surface area contributed by atoms with Crippen LogP contribution in [-0.4, -0.2) is 24.8 Å². The Morgan fingerprint density at radius 2 is 1.48 bits per heavy atom. The second-order valence-corrected chi connectivity index (χ2v) is 6.56. The van der Waals surface area contributed by atoms with E-state index in [1.54, 1.807) is 0 Å². The van der Waals surface area contributed by atoms with Crippen LogP contribution < -0.4 is 0 Å². The molecule has 2 unspecified atom stereocenters. The highest BCUT2D eigenvalue weighted by Crippen LogP contribution is 2.37. The van der Waals surface area contributed by atoms with Crippen LogP contribution in [0.3, 0.4) is 0 Å². The van der Waals surface area contributed by atoms with Gasteiger partial charge in [0.05, 0.1) is 12.0 Å². The largest absolute Gasteiger partial charge is 0.459 e. The summed E-state index contributed by atoms with van der Waals surface area (Å²) in [6.07, 6.45) is 1.90. The van der Waals surface area contributed by atoms with Gasteiger partial charge in [0.15, 0.2) is 0 Å². The van der Waals surface area contributed by atoms with Gasteiger partial charge in [-0.25, -0.2) is 0 Å². The zero-order valence-corrected chi connectivity index (χ0v) is 12.0. The topological polar surface area (TPSA) is 38.8 Å². The predicted molar refractivity (Wildman–Crippen MR) is 108 cm³/mol. The summed E-state index contributed by atoms with van der Waals surface area (Å²) >= 11 is 0. The quantitative estimate of drug-likeness (QED) is 0.387. The van der Waals surface area contributed by atoms with Crippen LogP contribution in [0, 0.1) is 10.8 Å². The third-order valence-electron chi connectivity index (χ3n) is 3.61. The van der Waals surface area contributed by atoms with E-state index in [0.29, 0.717) is 0 Å². The van der Waals surface area contributed by atoms with Crippen LogP contribution in [0.4, 0.5) is 0 Å². The van der Waals surface area contributed by atoms with Gasteiger partial charge in [0.2, 0.25) is 0 Å². The summed E-state index contributed by atoms with van der Waals surface area (Å²) in [6, 6.07) is 0. The highest BCUT2D eigenvalue weighted by molar-refractivity contribution is 5.76. The Kier molecular flexibility index (Phi) is 22.9. The number of epoxide rings is 1. The van der Waals surface area contributed by atoms with E-state index in [0.717, 1.165) is 19.4 Å². The summed E-state index contributed by atoms with van der Waals surface area (Å²) in [5, 5.41) is 0. The molecule has 0 aromatic carbocycles. The van der Waals surface area contributed by atoms with E-state index in [1.165, 1.54) is 0 Å².